The maximum Gasteiger partial charge on any atom is 0.459 e. The maximum absolute atomic E-state index is 14.8. The van der Waals surface area contributed by atoms with E-state index in [-0.39, 0.29) is 11.6 Å². The number of nitrogens with two attached hydrogens (primary N) is 1. The normalized spacial score (nSPS) is 24.6. The summed E-state index contributed by atoms with van der Waals surface area (Å²) in [5, 5.41) is 12.8. The molecule has 0 radical (unpaired) electrons. The van der Waals surface area contributed by atoms with E-state index in [0.29, 0.717) is 0 Å². The number of halogens is 1. The summed E-state index contributed by atoms with van der Waals surface area (Å²) in [7, 11) is -4.26. The number of benzene rings is 1. The second kappa shape index (κ2) is 11.3. The molecule has 1 aromatic heterocycles. The highest BCUT2D eigenvalue weighted by atomic mass is 31.2. The van der Waals surface area contributed by atoms with Crippen LogP contribution in [0.1, 0.15) is 27.0 Å². The Morgan fingerprint density at radius 2 is 2.00 bits per heavy atom. The van der Waals surface area contributed by atoms with E-state index in [0.717, 1.165) is 4.57 Å². The van der Waals surface area contributed by atoms with Gasteiger partial charge in [-0.15, -0.1) is 0 Å². The van der Waals surface area contributed by atoms with Crippen molar-refractivity contribution in [3.63, 3.8) is 0 Å². The highest BCUT2D eigenvalue weighted by Gasteiger charge is 2.47. The first-order valence-corrected chi connectivity index (χ1v) is 12.3. The number of carbonyl (C=O) groups excluding carboxylic acids is 1. The topological polar surface area (TPSA) is 164 Å². The smallest absolute Gasteiger partial charge is 0.459 e. The first-order valence-electron chi connectivity index (χ1n) is 10.8. The molecule has 192 valence electrons. The van der Waals surface area contributed by atoms with Gasteiger partial charge in [0.25, 0.3) is 0 Å². The molecule has 0 bridgehead atoms. The monoisotopic (exact) mass is 514 g/mol. The van der Waals surface area contributed by atoms with Gasteiger partial charge in [0.15, 0.2) is 12.4 Å². The van der Waals surface area contributed by atoms with Gasteiger partial charge in [-0.25, -0.2) is 13.8 Å². The Kier molecular flexibility index (Phi) is 8.62. The summed E-state index contributed by atoms with van der Waals surface area (Å²) in [6.07, 6.45) is -5.81. The number of hydrogen-bond donors (Lipinski definition) is 3. The zero-order valence-electron chi connectivity index (χ0n) is 19.3. The van der Waals surface area contributed by atoms with Crippen molar-refractivity contribution in [2.24, 2.45) is 0 Å². The van der Waals surface area contributed by atoms with Crippen LogP contribution in [0.4, 0.5) is 10.2 Å². The Balaban J connectivity index is 1.75. The highest BCUT2D eigenvalue weighted by Crippen LogP contribution is 2.46. The quantitative estimate of drug-likeness (QED) is 0.311. The van der Waals surface area contributed by atoms with Crippen LogP contribution >= 0.6 is 7.75 Å². The molecule has 6 atom stereocenters. The standard InChI is InChI=1S/C21H28FN4O8P/c1-12(2)32-20(28)13(3)25-35(30,34-14-7-5-4-6-8-14)31-11-15-18(27)17(22)19(33-15)26-10-9-16(23)24-21(26)29/h4-10,12-13,15,17-19,27H,11H2,1-3H3,(H,25,30)(H2,23,24,29)/t13-,15-,17+,18-,19+,35?/m1/s1. The van der Waals surface area contributed by atoms with Crippen molar-refractivity contribution >= 4 is 19.5 Å². The molecule has 0 amide bonds. The summed E-state index contributed by atoms with van der Waals surface area (Å²) in [5.41, 5.74) is 4.58. The lowest BCUT2D eigenvalue weighted by Crippen LogP contribution is -2.37. The van der Waals surface area contributed by atoms with Crippen LogP contribution in [-0.4, -0.2) is 57.8 Å². The van der Waals surface area contributed by atoms with Crippen molar-refractivity contribution < 1.29 is 37.4 Å². The molecule has 1 aromatic carbocycles. The largest absolute Gasteiger partial charge is 0.462 e. The molecule has 0 aliphatic carbocycles. The average molecular weight is 514 g/mol. The molecule has 4 N–H and O–H groups in total. The van der Waals surface area contributed by atoms with E-state index in [1.54, 1.807) is 32.0 Å². The molecule has 1 aliphatic rings. The molecule has 35 heavy (non-hydrogen) atoms. The number of ether oxygens (including phenoxy) is 2. The minimum Gasteiger partial charge on any atom is -0.462 e. The van der Waals surface area contributed by atoms with Gasteiger partial charge < -0.3 is 24.8 Å². The van der Waals surface area contributed by atoms with Gasteiger partial charge in [0.2, 0.25) is 0 Å². The Bertz CT molecular complexity index is 1120. The van der Waals surface area contributed by atoms with Gasteiger partial charge in [-0.3, -0.25) is 13.9 Å². The lowest BCUT2D eigenvalue weighted by Gasteiger charge is -2.25. The molecule has 0 spiro atoms. The van der Waals surface area contributed by atoms with E-state index in [4.69, 9.17) is 24.3 Å². The summed E-state index contributed by atoms with van der Waals surface area (Å²) in [6.45, 7) is 4.12. The van der Waals surface area contributed by atoms with Gasteiger partial charge in [-0.2, -0.15) is 10.1 Å². The van der Waals surface area contributed by atoms with Gasteiger partial charge in [-0.05, 0) is 39.0 Å². The van der Waals surface area contributed by atoms with E-state index in [1.165, 1.54) is 31.3 Å². The van der Waals surface area contributed by atoms with Gasteiger partial charge in [0.1, 0.15) is 29.8 Å². The fourth-order valence-corrected chi connectivity index (χ4v) is 4.69. The van der Waals surface area contributed by atoms with Crippen molar-refractivity contribution in [1.82, 2.24) is 14.6 Å². The van der Waals surface area contributed by atoms with E-state index in [9.17, 15) is 23.7 Å². The van der Waals surface area contributed by atoms with E-state index in [2.05, 4.69) is 10.1 Å². The predicted octanol–water partition coefficient (Wildman–Crippen LogP) is 1.56. The van der Waals surface area contributed by atoms with Crippen LogP contribution in [-0.2, 0) is 23.4 Å². The van der Waals surface area contributed by atoms with E-state index < -0.39 is 62.8 Å². The maximum atomic E-state index is 14.8. The SMILES string of the molecule is CC(C)OC(=O)[C@@H](C)NP(=O)(OC[C@H]1O[C@H](n2ccc(N)nc2=O)[C@@H](F)[C@@H]1O)Oc1ccccc1. The fourth-order valence-electron chi connectivity index (χ4n) is 3.19. The number of nitrogens with zero attached hydrogens (tertiary/aromatic N) is 2. The van der Waals surface area contributed by atoms with Crippen LogP contribution in [0.15, 0.2) is 47.4 Å². The third-order valence-corrected chi connectivity index (χ3v) is 6.50. The Hall–Kier alpha value is -2.83. The first-order chi connectivity index (χ1) is 16.5. The number of esters is 1. The molecule has 0 saturated carbocycles. The molecule has 3 rings (SSSR count). The number of hydrogen-bond acceptors (Lipinski definition) is 10. The van der Waals surface area contributed by atoms with Gasteiger partial charge in [0.05, 0.1) is 12.7 Å². The molecular formula is C21H28FN4O8P. The first kappa shape index (κ1) is 26.8. The van der Waals surface area contributed by atoms with Crippen molar-refractivity contribution in [2.45, 2.75) is 57.5 Å². The van der Waals surface area contributed by atoms with Crippen LogP contribution in [0.3, 0.4) is 0 Å². The average Bonchev–Trinajstić information content (AvgIpc) is 3.06. The number of nitrogens with one attached hydrogen (secondary N) is 1. The van der Waals surface area contributed by atoms with Crippen molar-refractivity contribution in [2.75, 3.05) is 12.3 Å². The number of aliphatic hydroxyl groups is 1. The van der Waals surface area contributed by atoms with Gasteiger partial charge in [0, 0.05) is 6.20 Å². The zero-order valence-corrected chi connectivity index (χ0v) is 20.2. The molecule has 14 heteroatoms. The third kappa shape index (κ3) is 6.86. The van der Waals surface area contributed by atoms with E-state index >= 15 is 0 Å². The molecule has 1 saturated heterocycles. The minimum absolute atomic E-state index is 0.0599. The van der Waals surface area contributed by atoms with Gasteiger partial charge in [-0.1, -0.05) is 18.2 Å². The summed E-state index contributed by atoms with van der Waals surface area (Å²) in [6, 6.07) is 8.20. The molecule has 1 aliphatic heterocycles. The second-order valence-corrected chi connectivity index (χ2v) is 9.77. The number of nitrogen functional groups attached to an aromatic ring is 1. The van der Waals surface area contributed by atoms with Crippen molar-refractivity contribution in [1.29, 1.82) is 0 Å². The predicted molar refractivity (Wildman–Crippen MR) is 122 cm³/mol. The number of rotatable bonds is 10. The van der Waals surface area contributed by atoms with Gasteiger partial charge >= 0.3 is 19.4 Å². The highest BCUT2D eigenvalue weighted by molar-refractivity contribution is 7.52. The Labute approximate surface area is 200 Å². The molecule has 12 nitrogen and oxygen atoms in total. The summed E-state index contributed by atoms with van der Waals surface area (Å²) >= 11 is 0. The summed E-state index contributed by atoms with van der Waals surface area (Å²) < 4.78 is 50.6. The van der Waals surface area contributed by atoms with E-state index in [1.807, 2.05) is 0 Å². The second-order valence-electron chi connectivity index (χ2n) is 8.08. The van der Waals surface area contributed by atoms with Crippen LogP contribution < -0.4 is 21.0 Å². The van der Waals surface area contributed by atoms with Crippen LogP contribution in [0.5, 0.6) is 5.75 Å². The Morgan fingerprint density at radius 1 is 1.31 bits per heavy atom. The number of para-hydroxylation sites is 1. The molecule has 2 heterocycles. The molecule has 1 fully saturated rings. The third-order valence-electron chi connectivity index (χ3n) is 4.85. The lowest BCUT2D eigenvalue weighted by molar-refractivity contribution is -0.149. The van der Waals surface area contributed by atoms with Crippen molar-refractivity contribution in [3.8, 4) is 5.75 Å². The number of alkyl halides is 1. The van der Waals surface area contributed by atoms with Crippen LogP contribution in [0.2, 0.25) is 0 Å². The lowest BCUT2D eigenvalue weighted by atomic mass is 10.1. The number of aliphatic hydroxyl groups excluding tert-OH is 1. The molecule has 2 aromatic rings. The van der Waals surface area contributed by atoms with Crippen molar-refractivity contribution in [3.05, 3.63) is 53.1 Å². The minimum atomic E-state index is -4.26. The number of aromatic nitrogens is 2. The molecule has 1 unspecified atom stereocenters. The fraction of sp³-hybridized carbons (Fsp3) is 0.476. The summed E-state index contributed by atoms with van der Waals surface area (Å²) in [5.74, 6) is -0.589. The van der Waals surface area contributed by atoms with Crippen LogP contribution in [0.25, 0.3) is 0 Å². The van der Waals surface area contributed by atoms with Crippen LogP contribution in [0, 0.1) is 0 Å². The molecular weight excluding hydrogens is 486 g/mol. The number of anilines is 1. The zero-order chi connectivity index (χ0) is 25.8. The summed E-state index contributed by atoms with van der Waals surface area (Å²) in [4.78, 5) is 27.8. The number of carbonyl (C=O) groups is 1. The Morgan fingerprint density at radius 3 is 2.63 bits per heavy atom.